The van der Waals surface area contributed by atoms with Crippen molar-refractivity contribution >= 4 is 17.5 Å². The van der Waals surface area contributed by atoms with Gasteiger partial charge < -0.3 is 15.5 Å². The Hall–Kier alpha value is -1.42. The van der Waals surface area contributed by atoms with Crippen LogP contribution < -0.4 is 5.32 Å². The summed E-state index contributed by atoms with van der Waals surface area (Å²) in [4.78, 5) is 12.1. The number of nitrogens with one attached hydrogen (secondary N) is 1. The summed E-state index contributed by atoms with van der Waals surface area (Å²) >= 11 is 5.90. The van der Waals surface area contributed by atoms with Gasteiger partial charge in [-0.3, -0.25) is 4.79 Å². The van der Waals surface area contributed by atoms with E-state index in [4.69, 9.17) is 11.6 Å². The van der Waals surface area contributed by atoms with Crippen LogP contribution in [-0.4, -0.2) is 27.5 Å². The fourth-order valence-electron chi connectivity index (χ4n) is 1.67. The molecule has 1 aromatic rings. The predicted molar refractivity (Wildman–Crippen MR) is 71.3 cm³/mol. The van der Waals surface area contributed by atoms with Crippen LogP contribution in [-0.2, 0) is 0 Å². The van der Waals surface area contributed by atoms with Crippen LogP contribution in [0.25, 0.3) is 0 Å². The largest absolute Gasteiger partial charge is 0.504 e. The van der Waals surface area contributed by atoms with Crippen molar-refractivity contribution in [2.45, 2.75) is 32.2 Å². The summed E-state index contributed by atoms with van der Waals surface area (Å²) in [5, 5.41) is 21.8. The zero-order valence-corrected chi connectivity index (χ0v) is 11.3. The molecule has 0 aliphatic rings. The number of phenolic OH excluding ortho intramolecular Hbond substituents is 2. The number of hydrogen-bond acceptors (Lipinski definition) is 3. The van der Waals surface area contributed by atoms with Gasteiger partial charge in [0.25, 0.3) is 5.91 Å². The van der Waals surface area contributed by atoms with E-state index >= 15 is 0 Å². The number of phenols is 2. The Morgan fingerprint density at radius 2 is 1.94 bits per heavy atom. The molecule has 0 radical (unpaired) electrons. The minimum absolute atomic E-state index is 0.0476. The van der Waals surface area contributed by atoms with E-state index in [2.05, 4.69) is 5.32 Å². The highest BCUT2D eigenvalue weighted by atomic mass is 35.5. The van der Waals surface area contributed by atoms with Gasteiger partial charge in [0.2, 0.25) is 0 Å². The first kappa shape index (κ1) is 14.6. The number of para-hydroxylation sites is 1. The minimum atomic E-state index is -0.490. The summed E-state index contributed by atoms with van der Waals surface area (Å²) in [6.07, 6.45) is 1.39. The number of halogens is 1. The number of aromatic hydroxyl groups is 2. The van der Waals surface area contributed by atoms with E-state index in [-0.39, 0.29) is 11.3 Å². The Kier molecular flexibility index (Phi) is 4.84. The van der Waals surface area contributed by atoms with Gasteiger partial charge in [-0.15, -0.1) is 11.6 Å². The summed E-state index contributed by atoms with van der Waals surface area (Å²) in [7, 11) is 0. The molecule has 0 atom stereocenters. The van der Waals surface area contributed by atoms with Crippen LogP contribution in [0, 0.1) is 0 Å². The molecule has 0 saturated heterocycles. The molecule has 0 fully saturated rings. The van der Waals surface area contributed by atoms with Gasteiger partial charge in [-0.2, -0.15) is 0 Å². The molecule has 1 rings (SSSR count). The Morgan fingerprint density at radius 3 is 2.44 bits per heavy atom. The quantitative estimate of drug-likeness (QED) is 0.570. The van der Waals surface area contributed by atoms with Crippen molar-refractivity contribution < 1.29 is 15.0 Å². The fraction of sp³-hybridized carbons (Fsp3) is 0.462. The number of rotatable bonds is 5. The highest BCUT2D eigenvalue weighted by Crippen LogP contribution is 2.29. The molecule has 0 saturated carbocycles. The van der Waals surface area contributed by atoms with Crippen LogP contribution in [0.2, 0.25) is 0 Å². The second-order valence-corrected chi connectivity index (χ2v) is 4.52. The number of hydrogen-bond donors (Lipinski definition) is 3. The van der Waals surface area contributed by atoms with Gasteiger partial charge in [0.05, 0.1) is 11.1 Å². The molecule has 0 unspecified atom stereocenters. The second-order valence-electron chi connectivity index (χ2n) is 4.25. The first-order valence-corrected chi connectivity index (χ1v) is 6.42. The Bertz CT molecular complexity index is 422. The van der Waals surface area contributed by atoms with E-state index in [0.29, 0.717) is 18.7 Å². The van der Waals surface area contributed by atoms with Crippen molar-refractivity contribution in [2.24, 2.45) is 0 Å². The van der Waals surface area contributed by atoms with E-state index in [9.17, 15) is 15.0 Å². The third-order valence-corrected chi connectivity index (χ3v) is 3.76. The average Bonchev–Trinajstić information content (AvgIpc) is 2.39. The minimum Gasteiger partial charge on any atom is -0.504 e. The third kappa shape index (κ3) is 2.88. The number of carbonyl (C=O) groups excluding carboxylic acids is 1. The SMILES string of the molecule is CCC(CC)(CCl)NC(=O)c1cccc(O)c1O. The third-order valence-electron chi connectivity index (χ3n) is 3.25. The molecule has 0 aromatic heterocycles. The van der Waals surface area contributed by atoms with Gasteiger partial charge in [0.1, 0.15) is 0 Å². The van der Waals surface area contributed by atoms with Crippen molar-refractivity contribution in [2.75, 3.05) is 5.88 Å². The molecular formula is C13H18ClNO3. The lowest BCUT2D eigenvalue weighted by Crippen LogP contribution is -2.49. The fourth-order valence-corrected chi connectivity index (χ4v) is 2.12. The van der Waals surface area contributed by atoms with Gasteiger partial charge >= 0.3 is 0 Å². The standard InChI is InChI=1S/C13H18ClNO3/c1-3-13(4-2,8-14)15-12(18)9-6-5-7-10(16)11(9)17/h5-7,16-17H,3-4,8H2,1-2H3,(H,15,18). The van der Waals surface area contributed by atoms with Gasteiger partial charge in [-0.1, -0.05) is 19.9 Å². The molecular weight excluding hydrogens is 254 g/mol. The summed E-state index contributed by atoms with van der Waals surface area (Å²) < 4.78 is 0. The Balaban J connectivity index is 2.98. The summed E-state index contributed by atoms with van der Waals surface area (Å²) in [6, 6.07) is 4.28. The van der Waals surface area contributed by atoms with Crippen LogP contribution in [0.4, 0.5) is 0 Å². The van der Waals surface area contributed by atoms with E-state index in [1.165, 1.54) is 18.2 Å². The van der Waals surface area contributed by atoms with Crippen molar-refractivity contribution in [3.8, 4) is 11.5 Å². The summed E-state index contributed by atoms with van der Waals surface area (Å²) in [5.41, 5.74) is -0.442. The molecule has 5 heteroatoms. The maximum atomic E-state index is 12.1. The molecule has 0 aliphatic heterocycles. The number of benzene rings is 1. The van der Waals surface area contributed by atoms with Crippen LogP contribution in [0.3, 0.4) is 0 Å². The molecule has 4 nitrogen and oxygen atoms in total. The second kappa shape index (κ2) is 5.96. The van der Waals surface area contributed by atoms with Crippen LogP contribution in [0.5, 0.6) is 11.5 Å². The van der Waals surface area contributed by atoms with Crippen LogP contribution in [0.15, 0.2) is 18.2 Å². The molecule has 3 N–H and O–H groups in total. The number of amides is 1. The van der Waals surface area contributed by atoms with E-state index in [0.717, 1.165) is 0 Å². The molecule has 0 aliphatic carbocycles. The van der Waals surface area contributed by atoms with Crippen LogP contribution >= 0.6 is 11.6 Å². The summed E-state index contributed by atoms with van der Waals surface area (Å²) in [5.74, 6) is -0.865. The van der Waals surface area contributed by atoms with E-state index < -0.39 is 17.2 Å². The normalized spacial score (nSPS) is 11.3. The smallest absolute Gasteiger partial charge is 0.255 e. The maximum Gasteiger partial charge on any atom is 0.255 e. The molecule has 1 aromatic carbocycles. The number of carbonyl (C=O) groups is 1. The van der Waals surface area contributed by atoms with Crippen molar-refractivity contribution in [1.82, 2.24) is 5.32 Å². The molecule has 0 heterocycles. The highest BCUT2D eigenvalue weighted by molar-refractivity contribution is 6.19. The molecule has 0 spiro atoms. The lowest BCUT2D eigenvalue weighted by molar-refractivity contribution is 0.0899. The van der Waals surface area contributed by atoms with Crippen molar-refractivity contribution in [1.29, 1.82) is 0 Å². The highest BCUT2D eigenvalue weighted by Gasteiger charge is 2.28. The van der Waals surface area contributed by atoms with E-state index in [1.807, 2.05) is 13.8 Å². The first-order valence-electron chi connectivity index (χ1n) is 5.89. The molecule has 1 amide bonds. The topological polar surface area (TPSA) is 69.6 Å². The van der Waals surface area contributed by atoms with Gasteiger partial charge in [-0.25, -0.2) is 0 Å². The molecule has 18 heavy (non-hydrogen) atoms. The van der Waals surface area contributed by atoms with Gasteiger partial charge in [0, 0.05) is 5.88 Å². The Labute approximate surface area is 112 Å². The predicted octanol–water partition coefficient (Wildman–Crippen LogP) is 2.63. The first-order chi connectivity index (χ1) is 8.49. The lowest BCUT2D eigenvalue weighted by Gasteiger charge is -2.30. The van der Waals surface area contributed by atoms with Crippen molar-refractivity contribution in [3.63, 3.8) is 0 Å². The zero-order valence-electron chi connectivity index (χ0n) is 10.5. The maximum absolute atomic E-state index is 12.1. The Morgan fingerprint density at radius 1 is 1.33 bits per heavy atom. The number of alkyl halides is 1. The zero-order chi connectivity index (χ0) is 13.8. The molecule has 100 valence electrons. The van der Waals surface area contributed by atoms with Crippen molar-refractivity contribution in [3.05, 3.63) is 23.8 Å². The summed E-state index contributed by atoms with van der Waals surface area (Å²) in [6.45, 7) is 3.88. The van der Waals surface area contributed by atoms with E-state index in [1.54, 1.807) is 0 Å². The van der Waals surface area contributed by atoms with Gasteiger partial charge in [-0.05, 0) is 25.0 Å². The average molecular weight is 272 g/mol. The van der Waals surface area contributed by atoms with Crippen LogP contribution in [0.1, 0.15) is 37.0 Å². The monoisotopic (exact) mass is 271 g/mol. The lowest BCUT2D eigenvalue weighted by atomic mass is 9.94. The van der Waals surface area contributed by atoms with Gasteiger partial charge in [0.15, 0.2) is 11.5 Å². The molecule has 0 bridgehead atoms.